The Hall–Kier alpha value is -0.850. The number of benzene rings is 1. The lowest BCUT2D eigenvalue weighted by Gasteiger charge is -2.22. The van der Waals surface area contributed by atoms with Crippen molar-refractivity contribution in [2.45, 2.75) is 30.6 Å². The molecule has 4 nitrogen and oxygen atoms in total. The molecule has 0 saturated heterocycles. The van der Waals surface area contributed by atoms with E-state index in [1.807, 2.05) is 0 Å². The molecule has 0 aromatic heterocycles. The van der Waals surface area contributed by atoms with Crippen LogP contribution < -0.4 is 5.73 Å². The zero-order valence-corrected chi connectivity index (χ0v) is 13.1. The fourth-order valence-electron chi connectivity index (χ4n) is 2.36. The predicted molar refractivity (Wildman–Crippen MR) is 80.0 cm³/mol. The molecule has 0 radical (unpaired) electrons. The van der Waals surface area contributed by atoms with Gasteiger partial charge in [-0.3, -0.25) is 0 Å². The molecule has 0 heterocycles. The van der Waals surface area contributed by atoms with Crippen molar-refractivity contribution >= 4 is 27.3 Å². The van der Waals surface area contributed by atoms with E-state index < -0.39 is 20.7 Å². The zero-order chi connectivity index (χ0) is 15.2. The lowest BCUT2D eigenvalue weighted by molar-refractivity contribution is 0.380. The van der Waals surface area contributed by atoms with E-state index in [0.717, 1.165) is 31.7 Å². The highest BCUT2D eigenvalue weighted by molar-refractivity contribution is 7.89. The Morgan fingerprint density at radius 3 is 2.19 bits per heavy atom. The van der Waals surface area contributed by atoms with Crippen LogP contribution in [0.25, 0.3) is 0 Å². The fraction of sp³-hybridized carbons (Fsp3) is 0.571. The molecule has 0 aliphatic heterocycles. The van der Waals surface area contributed by atoms with Gasteiger partial charge in [-0.15, -0.1) is 0 Å². The molecular weight excluding hydrogens is 315 g/mol. The first kappa shape index (κ1) is 15.1. The normalized spacial score (nSPS) is 19.2. The molecule has 21 heavy (non-hydrogen) atoms. The van der Waals surface area contributed by atoms with Gasteiger partial charge in [0, 0.05) is 18.1 Å². The van der Waals surface area contributed by atoms with Crippen LogP contribution in [-0.2, 0) is 10.0 Å². The fourth-order valence-corrected chi connectivity index (χ4v) is 4.36. The number of halogens is 2. The summed E-state index contributed by atoms with van der Waals surface area (Å²) in [4.78, 5) is -0.409. The summed E-state index contributed by atoms with van der Waals surface area (Å²) in [6.07, 6.45) is 4.15. The van der Waals surface area contributed by atoms with Gasteiger partial charge < -0.3 is 5.73 Å². The quantitative estimate of drug-likeness (QED) is 0.815. The number of hydrogen-bond acceptors (Lipinski definition) is 3. The summed E-state index contributed by atoms with van der Waals surface area (Å²) in [7, 11) is -3.89. The molecule has 0 spiro atoms. The molecule has 2 N–H and O–H groups in total. The average Bonchev–Trinajstić information content (AvgIpc) is 3.27. The third kappa shape index (κ3) is 3.33. The van der Waals surface area contributed by atoms with E-state index in [4.69, 9.17) is 17.3 Å². The van der Waals surface area contributed by atoms with E-state index in [9.17, 15) is 12.8 Å². The Labute approximate surface area is 129 Å². The summed E-state index contributed by atoms with van der Waals surface area (Å²) in [5.41, 5.74) is 5.27. The van der Waals surface area contributed by atoms with Gasteiger partial charge in [-0.2, -0.15) is 4.31 Å². The van der Waals surface area contributed by atoms with Crippen molar-refractivity contribution in [3.05, 3.63) is 23.0 Å². The van der Waals surface area contributed by atoms with Crippen LogP contribution in [0.4, 0.5) is 10.1 Å². The predicted octanol–water partition coefficient (Wildman–Crippen LogP) is 2.87. The van der Waals surface area contributed by atoms with Crippen LogP contribution in [-0.4, -0.2) is 25.8 Å². The molecule has 0 bridgehead atoms. The van der Waals surface area contributed by atoms with Gasteiger partial charge in [-0.1, -0.05) is 11.6 Å². The van der Waals surface area contributed by atoms with Gasteiger partial charge in [-0.25, -0.2) is 12.8 Å². The Morgan fingerprint density at radius 1 is 1.19 bits per heavy atom. The summed E-state index contributed by atoms with van der Waals surface area (Å²) in [5, 5.41) is 0.130. The largest absolute Gasteiger partial charge is 0.396 e. The maximum atomic E-state index is 14.2. The lowest BCUT2D eigenvalue weighted by Crippen LogP contribution is -2.35. The van der Waals surface area contributed by atoms with Crippen LogP contribution in [0.2, 0.25) is 5.02 Å². The van der Waals surface area contributed by atoms with Crippen LogP contribution in [0.15, 0.2) is 17.0 Å². The number of anilines is 1. The van der Waals surface area contributed by atoms with E-state index in [-0.39, 0.29) is 10.7 Å². The minimum absolute atomic E-state index is 0.130. The Bertz CT molecular complexity index is 643. The topological polar surface area (TPSA) is 63.4 Å². The summed E-state index contributed by atoms with van der Waals surface area (Å²) in [6.45, 7) is 0.926. The molecule has 1 aromatic rings. The molecular formula is C14H18ClFN2O2S. The molecule has 116 valence electrons. The second kappa shape index (κ2) is 5.41. The van der Waals surface area contributed by atoms with Gasteiger partial charge in [0.2, 0.25) is 10.0 Å². The second-order valence-corrected chi connectivity index (χ2v) is 8.36. The average molecular weight is 333 g/mol. The number of nitrogens with zero attached hydrogens (tertiary/aromatic N) is 1. The first-order valence-electron chi connectivity index (χ1n) is 7.12. The first-order chi connectivity index (χ1) is 9.88. The third-order valence-electron chi connectivity index (χ3n) is 3.97. The highest BCUT2D eigenvalue weighted by atomic mass is 35.5. The van der Waals surface area contributed by atoms with Crippen LogP contribution in [0.5, 0.6) is 0 Å². The van der Waals surface area contributed by atoms with Crippen LogP contribution >= 0.6 is 11.6 Å². The summed E-state index contributed by atoms with van der Waals surface area (Å²) in [6, 6.07) is 2.37. The minimum atomic E-state index is -3.89. The number of sulfonamides is 1. The standard InChI is InChI=1S/C14H18ClFN2O2S/c15-11-5-12(17)14(16)13(6-11)21(19,20)18(7-9-1-2-9)8-10-3-4-10/h5-6,9-10H,1-4,7-8,17H2. The Kier molecular flexibility index (Phi) is 3.88. The Balaban J connectivity index is 1.95. The second-order valence-electron chi connectivity index (χ2n) is 6.02. The monoisotopic (exact) mass is 332 g/mol. The first-order valence-corrected chi connectivity index (χ1v) is 8.94. The zero-order valence-electron chi connectivity index (χ0n) is 11.6. The van der Waals surface area contributed by atoms with Crippen molar-refractivity contribution in [3.8, 4) is 0 Å². The highest BCUT2D eigenvalue weighted by Gasteiger charge is 2.37. The number of nitrogen functional groups attached to an aromatic ring is 1. The van der Waals surface area contributed by atoms with Gasteiger partial charge in [0.1, 0.15) is 4.90 Å². The third-order valence-corrected chi connectivity index (χ3v) is 6.02. The van der Waals surface area contributed by atoms with Gasteiger partial charge in [0.15, 0.2) is 5.82 Å². The highest BCUT2D eigenvalue weighted by Crippen LogP contribution is 2.37. The Morgan fingerprint density at radius 2 is 1.71 bits per heavy atom. The molecule has 1 aromatic carbocycles. The minimum Gasteiger partial charge on any atom is -0.396 e. The van der Waals surface area contributed by atoms with Crippen molar-refractivity contribution in [3.63, 3.8) is 0 Å². The molecule has 0 unspecified atom stereocenters. The molecule has 3 rings (SSSR count). The van der Waals surface area contributed by atoms with E-state index in [1.54, 1.807) is 0 Å². The van der Waals surface area contributed by atoms with Gasteiger partial charge >= 0.3 is 0 Å². The SMILES string of the molecule is Nc1cc(Cl)cc(S(=O)(=O)N(CC2CC2)CC2CC2)c1F. The molecule has 7 heteroatoms. The van der Waals surface area contributed by atoms with Crippen LogP contribution in [0.3, 0.4) is 0 Å². The van der Waals surface area contributed by atoms with E-state index >= 15 is 0 Å². The molecule has 2 fully saturated rings. The van der Waals surface area contributed by atoms with Crippen molar-refractivity contribution in [1.82, 2.24) is 4.31 Å². The van der Waals surface area contributed by atoms with E-state index in [0.29, 0.717) is 24.9 Å². The van der Waals surface area contributed by atoms with Gasteiger partial charge in [0.25, 0.3) is 0 Å². The maximum absolute atomic E-state index is 14.2. The molecule has 0 amide bonds. The maximum Gasteiger partial charge on any atom is 0.246 e. The molecule has 0 atom stereocenters. The number of nitrogens with two attached hydrogens (primary N) is 1. The van der Waals surface area contributed by atoms with Crippen molar-refractivity contribution in [2.75, 3.05) is 18.8 Å². The summed E-state index contributed by atoms with van der Waals surface area (Å²) in [5.74, 6) is -0.104. The molecule has 2 saturated carbocycles. The number of rotatable bonds is 6. The van der Waals surface area contributed by atoms with Crippen molar-refractivity contribution < 1.29 is 12.8 Å². The number of hydrogen-bond donors (Lipinski definition) is 1. The van der Waals surface area contributed by atoms with Gasteiger partial charge in [0.05, 0.1) is 5.69 Å². The van der Waals surface area contributed by atoms with Gasteiger partial charge in [-0.05, 0) is 49.7 Å². The summed E-state index contributed by atoms with van der Waals surface area (Å²) >= 11 is 5.84. The van der Waals surface area contributed by atoms with Crippen LogP contribution in [0, 0.1) is 17.7 Å². The smallest absolute Gasteiger partial charge is 0.246 e. The molecule has 2 aliphatic rings. The molecule has 2 aliphatic carbocycles. The van der Waals surface area contributed by atoms with Crippen LogP contribution in [0.1, 0.15) is 25.7 Å². The van der Waals surface area contributed by atoms with Crippen molar-refractivity contribution in [1.29, 1.82) is 0 Å². The summed E-state index contributed by atoms with van der Waals surface area (Å²) < 4.78 is 41.1. The van der Waals surface area contributed by atoms with Crippen molar-refractivity contribution in [2.24, 2.45) is 11.8 Å². The van der Waals surface area contributed by atoms with E-state index in [1.165, 1.54) is 10.4 Å². The lowest BCUT2D eigenvalue weighted by atomic mass is 10.3. The van der Waals surface area contributed by atoms with E-state index in [2.05, 4.69) is 0 Å².